The average Bonchev–Trinajstić information content (AvgIpc) is 2.32. The van der Waals surface area contributed by atoms with Crippen LogP contribution in [0.4, 0.5) is 0 Å². The molecule has 0 saturated heterocycles. The topological polar surface area (TPSA) is 0 Å². The standard InChI is InChI=1S/C10H12S/c1-4-6-10-9(5-2)7-8(3)11-10/h4-6H,2-3,7H2,1H3/b6-4-. The summed E-state index contributed by atoms with van der Waals surface area (Å²) < 4.78 is 0. The van der Waals surface area contributed by atoms with Crippen LogP contribution < -0.4 is 0 Å². The summed E-state index contributed by atoms with van der Waals surface area (Å²) in [6.07, 6.45) is 7.05. The van der Waals surface area contributed by atoms with Gasteiger partial charge >= 0.3 is 0 Å². The van der Waals surface area contributed by atoms with Crippen molar-refractivity contribution in [2.75, 3.05) is 0 Å². The molecular weight excluding hydrogens is 152 g/mol. The number of thioether (sulfide) groups is 1. The molecule has 1 rings (SSSR count). The van der Waals surface area contributed by atoms with E-state index in [2.05, 4.69) is 19.2 Å². The molecule has 0 atom stereocenters. The highest BCUT2D eigenvalue weighted by Crippen LogP contribution is 2.40. The molecule has 1 aliphatic heterocycles. The molecule has 0 N–H and O–H groups in total. The Bertz CT molecular complexity index is 244. The van der Waals surface area contributed by atoms with Crippen LogP contribution in [0, 0.1) is 0 Å². The first kappa shape index (κ1) is 8.41. The molecule has 1 aliphatic rings. The Labute approximate surface area is 72.4 Å². The first-order chi connectivity index (χ1) is 5.27. The molecule has 0 nitrogen and oxygen atoms in total. The van der Waals surface area contributed by atoms with Gasteiger partial charge in [0.05, 0.1) is 0 Å². The second-order valence-electron chi connectivity index (χ2n) is 2.41. The van der Waals surface area contributed by atoms with Gasteiger partial charge in [-0.25, -0.2) is 0 Å². The first-order valence-electron chi connectivity index (χ1n) is 3.62. The predicted octanol–water partition coefficient (Wildman–Crippen LogP) is 3.65. The maximum atomic E-state index is 3.92. The summed E-state index contributed by atoms with van der Waals surface area (Å²) in [4.78, 5) is 2.51. The number of allylic oxidation sites excluding steroid dienone is 5. The van der Waals surface area contributed by atoms with Gasteiger partial charge in [-0.15, -0.1) is 0 Å². The SMILES string of the molecule is C=CC1=C(/C=C\C)SC(=C)C1. The Morgan fingerprint density at radius 3 is 2.82 bits per heavy atom. The highest BCUT2D eigenvalue weighted by atomic mass is 32.2. The zero-order valence-corrected chi connectivity index (χ0v) is 7.58. The van der Waals surface area contributed by atoms with E-state index in [0.29, 0.717) is 0 Å². The van der Waals surface area contributed by atoms with Crippen molar-refractivity contribution >= 4 is 11.8 Å². The fraction of sp³-hybridized carbons (Fsp3) is 0.200. The summed E-state index contributed by atoms with van der Waals surface area (Å²) in [6, 6.07) is 0. The van der Waals surface area contributed by atoms with E-state index in [9.17, 15) is 0 Å². The van der Waals surface area contributed by atoms with Crippen LogP contribution in [0.1, 0.15) is 13.3 Å². The van der Waals surface area contributed by atoms with Crippen molar-refractivity contribution in [1.82, 2.24) is 0 Å². The number of rotatable bonds is 2. The van der Waals surface area contributed by atoms with E-state index in [0.717, 1.165) is 6.42 Å². The molecule has 0 spiro atoms. The number of hydrogen-bond donors (Lipinski definition) is 0. The van der Waals surface area contributed by atoms with Crippen molar-refractivity contribution in [3.63, 3.8) is 0 Å². The van der Waals surface area contributed by atoms with Crippen LogP contribution in [0.25, 0.3) is 0 Å². The molecule has 0 fully saturated rings. The van der Waals surface area contributed by atoms with Crippen molar-refractivity contribution in [1.29, 1.82) is 0 Å². The number of hydrogen-bond acceptors (Lipinski definition) is 1. The third-order valence-electron chi connectivity index (χ3n) is 1.52. The molecule has 0 aromatic carbocycles. The minimum atomic E-state index is 0.980. The summed E-state index contributed by atoms with van der Waals surface area (Å²) in [5.74, 6) is 0. The monoisotopic (exact) mass is 164 g/mol. The third-order valence-corrected chi connectivity index (χ3v) is 2.57. The quantitative estimate of drug-likeness (QED) is 0.600. The van der Waals surface area contributed by atoms with Crippen LogP contribution >= 0.6 is 11.8 Å². The molecule has 0 bridgehead atoms. The van der Waals surface area contributed by atoms with E-state index in [1.807, 2.05) is 19.1 Å². The zero-order valence-electron chi connectivity index (χ0n) is 6.76. The Morgan fingerprint density at radius 1 is 1.55 bits per heavy atom. The molecule has 1 heterocycles. The van der Waals surface area contributed by atoms with Gasteiger partial charge in [0.2, 0.25) is 0 Å². The van der Waals surface area contributed by atoms with Gasteiger partial charge in [0.15, 0.2) is 0 Å². The van der Waals surface area contributed by atoms with E-state index in [1.165, 1.54) is 15.4 Å². The average molecular weight is 164 g/mol. The maximum Gasteiger partial charge on any atom is 0.0151 e. The lowest BCUT2D eigenvalue weighted by molar-refractivity contribution is 1.29. The molecule has 58 valence electrons. The Hall–Kier alpha value is -0.690. The molecule has 0 unspecified atom stereocenters. The molecule has 0 aromatic rings. The summed E-state index contributed by atoms with van der Waals surface area (Å²) in [7, 11) is 0. The predicted molar refractivity (Wildman–Crippen MR) is 53.4 cm³/mol. The molecule has 0 radical (unpaired) electrons. The minimum Gasteiger partial charge on any atom is -0.0987 e. The van der Waals surface area contributed by atoms with E-state index in [-0.39, 0.29) is 0 Å². The summed E-state index contributed by atoms with van der Waals surface area (Å²) in [5.41, 5.74) is 1.30. The third kappa shape index (κ3) is 1.87. The van der Waals surface area contributed by atoms with Gasteiger partial charge in [0.25, 0.3) is 0 Å². The molecule has 11 heavy (non-hydrogen) atoms. The van der Waals surface area contributed by atoms with E-state index in [1.54, 1.807) is 11.8 Å². The second kappa shape index (κ2) is 3.63. The van der Waals surface area contributed by atoms with Crippen LogP contribution in [0.5, 0.6) is 0 Å². The van der Waals surface area contributed by atoms with Gasteiger partial charge in [0, 0.05) is 11.3 Å². The first-order valence-corrected chi connectivity index (χ1v) is 4.43. The molecule has 0 amide bonds. The Morgan fingerprint density at radius 2 is 2.27 bits per heavy atom. The van der Waals surface area contributed by atoms with Crippen LogP contribution in [0.15, 0.2) is 46.8 Å². The van der Waals surface area contributed by atoms with E-state index in [4.69, 9.17) is 0 Å². The molecule has 1 heteroatoms. The van der Waals surface area contributed by atoms with Crippen LogP contribution in [-0.2, 0) is 0 Å². The van der Waals surface area contributed by atoms with Gasteiger partial charge in [0.1, 0.15) is 0 Å². The van der Waals surface area contributed by atoms with Crippen molar-refractivity contribution in [2.45, 2.75) is 13.3 Å². The smallest absolute Gasteiger partial charge is 0.0151 e. The van der Waals surface area contributed by atoms with Gasteiger partial charge < -0.3 is 0 Å². The second-order valence-corrected chi connectivity index (χ2v) is 3.63. The normalized spacial score (nSPS) is 18.5. The lowest BCUT2D eigenvalue weighted by Gasteiger charge is -1.91. The lowest BCUT2D eigenvalue weighted by Crippen LogP contribution is -1.71. The van der Waals surface area contributed by atoms with Gasteiger partial charge in [-0.3, -0.25) is 0 Å². The summed E-state index contributed by atoms with van der Waals surface area (Å²) >= 11 is 1.75. The molecular formula is C10H12S. The van der Waals surface area contributed by atoms with Crippen molar-refractivity contribution in [3.8, 4) is 0 Å². The highest BCUT2D eigenvalue weighted by molar-refractivity contribution is 8.07. The van der Waals surface area contributed by atoms with Crippen molar-refractivity contribution < 1.29 is 0 Å². The molecule has 0 saturated carbocycles. The van der Waals surface area contributed by atoms with Crippen LogP contribution in [0.3, 0.4) is 0 Å². The summed E-state index contributed by atoms with van der Waals surface area (Å²) in [5, 5.41) is 0. The highest BCUT2D eigenvalue weighted by Gasteiger charge is 2.12. The zero-order chi connectivity index (χ0) is 8.27. The van der Waals surface area contributed by atoms with Gasteiger partial charge in [-0.1, -0.05) is 43.1 Å². The van der Waals surface area contributed by atoms with Crippen LogP contribution in [-0.4, -0.2) is 0 Å². The van der Waals surface area contributed by atoms with Gasteiger partial charge in [-0.2, -0.15) is 0 Å². The molecule has 0 aliphatic carbocycles. The van der Waals surface area contributed by atoms with Crippen molar-refractivity contribution in [2.24, 2.45) is 0 Å². The van der Waals surface area contributed by atoms with E-state index < -0.39 is 0 Å². The summed E-state index contributed by atoms with van der Waals surface area (Å²) in [6.45, 7) is 9.71. The molecule has 0 aromatic heterocycles. The van der Waals surface area contributed by atoms with Gasteiger partial charge in [-0.05, 0) is 17.4 Å². The fourth-order valence-electron chi connectivity index (χ4n) is 1.02. The lowest BCUT2D eigenvalue weighted by atomic mass is 10.2. The minimum absolute atomic E-state index is 0.980. The fourth-order valence-corrected chi connectivity index (χ4v) is 2.05. The van der Waals surface area contributed by atoms with Crippen molar-refractivity contribution in [3.05, 3.63) is 46.8 Å². The van der Waals surface area contributed by atoms with Crippen LogP contribution in [0.2, 0.25) is 0 Å². The maximum absolute atomic E-state index is 3.92. The largest absolute Gasteiger partial charge is 0.0987 e. The Balaban J connectivity index is 2.87. The Kier molecular flexibility index (Phi) is 2.77. The van der Waals surface area contributed by atoms with E-state index >= 15 is 0 Å².